The number of ether oxygens (including phenoxy) is 1. The Labute approximate surface area is 112 Å². The van der Waals surface area contributed by atoms with Crippen LogP contribution in [0.3, 0.4) is 0 Å². The molecule has 0 aliphatic heterocycles. The van der Waals surface area contributed by atoms with Crippen LogP contribution in [-0.4, -0.2) is 4.98 Å². The molecule has 1 aromatic heterocycles. The highest BCUT2D eigenvalue weighted by Crippen LogP contribution is 2.22. The summed E-state index contributed by atoms with van der Waals surface area (Å²) in [6.07, 6.45) is 1.60. The molecule has 2 rings (SSSR count). The summed E-state index contributed by atoms with van der Waals surface area (Å²) in [5.41, 5.74) is 3.28. The van der Waals surface area contributed by atoms with Gasteiger partial charge in [-0.1, -0.05) is 15.9 Å². The fourth-order valence-electron chi connectivity index (χ4n) is 1.40. The van der Waals surface area contributed by atoms with Crippen molar-refractivity contribution in [2.45, 2.75) is 6.61 Å². The number of nitrogen functional groups attached to an aromatic ring is 1. The second-order valence-electron chi connectivity index (χ2n) is 3.56. The molecule has 0 spiro atoms. The third-order valence-corrected chi connectivity index (χ3v) is 2.75. The highest BCUT2D eigenvalue weighted by molar-refractivity contribution is 9.10. The van der Waals surface area contributed by atoms with Crippen molar-refractivity contribution >= 4 is 21.7 Å². The van der Waals surface area contributed by atoms with E-state index in [4.69, 9.17) is 10.6 Å². The zero-order chi connectivity index (χ0) is 13.0. The Morgan fingerprint density at radius 3 is 2.89 bits per heavy atom. The molecule has 2 aromatic rings. The molecular formula is C12H11BrFN3O. The largest absolute Gasteiger partial charge is 0.486 e. The average Bonchev–Trinajstić information content (AvgIpc) is 2.38. The third-order valence-electron chi connectivity index (χ3n) is 2.26. The van der Waals surface area contributed by atoms with Gasteiger partial charge in [0.2, 0.25) is 0 Å². The van der Waals surface area contributed by atoms with Gasteiger partial charge >= 0.3 is 0 Å². The van der Waals surface area contributed by atoms with Gasteiger partial charge in [-0.05, 0) is 35.9 Å². The Kier molecular flexibility index (Phi) is 4.11. The Morgan fingerprint density at radius 2 is 2.17 bits per heavy atom. The van der Waals surface area contributed by atoms with Crippen molar-refractivity contribution in [1.82, 2.24) is 4.98 Å². The standard InChI is InChI=1S/C12H11BrFN3O/c13-9-1-2-11(10(14)6-9)18-7-8-3-4-16-12(5-8)17-15/h1-6H,7,15H2,(H,16,17). The molecular weight excluding hydrogens is 301 g/mol. The highest BCUT2D eigenvalue weighted by atomic mass is 79.9. The number of hydrogen-bond acceptors (Lipinski definition) is 4. The fraction of sp³-hybridized carbons (Fsp3) is 0.0833. The number of hydrogen-bond donors (Lipinski definition) is 2. The smallest absolute Gasteiger partial charge is 0.166 e. The summed E-state index contributed by atoms with van der Waals surface area (Å²) in [7, 11) is 0. The predicted octanol–water partition coefficient (Wildman–Crippen LogP) is 2.85. The van der Waals surface area contributed by atoms with Crippen molar-refractivity contribution in [2.24, 2.45) is 5.84 Å². The highest BCUT2D eigenvalue weighted by Gasteiger charge is 2.04. The van der Waals surface area contributed by atoms with Crippen LogP contribution in [0.15, 0.2) is 41.0 Å². The van der Waals surface area contributed by atoms with Gasteiger partial charge in [0.05, 0.1) is 0 Å². The van der Waals surface area contributed by atoms with E-state index in [-0.39, 0.29) is 12.4 Å². The van der Waals surface area contributed by atoms with Crippen LogP contribution < -0.4 is 16.0 Å². The Morgan fingerprint density at radius 1 is 1.33 bits per heavy atom. The normalized spacial score (nSPS) is 10.2. The third kappa shape index (κ3) is 3.18. The minimum absolute atomic E-state index is 0.206. The van der Waals surface area contributed by atoms with Crippen LogP contribution in [-0.2, 0) is 6.61 Å². The van der Waals surface area contributed by atoms with E-state index in [2.05, 4.69) is 26.3 Å². The van der Waals surface area contributed by atoms with Gasteiger partial charge in [0, 0.05) is 10.7 Å². The van der Waals surface area contributed by atoms with Gasteiger partial charge in [-0.3, -0.25) is 0 Å². The maximum atomic E-state index is 13.5. The van der Waals surface area contributed by atoms with Crippen molar-refractivity contribution in [2.75, 3.05) is 5.43 Å². The van der Waals surface area contributed by atoms with Crippen molar-refractivity contribution in [3.8, 4) is 5.75 Å². The molecule has 1 heterocycles. The first-order valence-corrected chi connectivity index (χ1v) is 5.98. The first-order chi connectivity index (χ1) is 8.69. The Balaban J connectivity index is 2.06. The lowest BCUT2D eigenvalue weighted by Crippen LogP contribution is -2.09. The van der Waals surface area contributed by atoms with Crippen LogP contribution in [0, 0.1) is 5.82 Å². The van der Waals surface area contributed by atoms with Crippen molar-refractivity contribution in [1.29, 1.82) is 0 Å². The summed E-state index contributed by atoms with van der Waals surface area (Å²) in [4.78, 5) is 3.97. The summed E-state index contributed by atoms with van der Waals surface area (Å²) in [5, 5.41) is 0. The molecule has 0 amide bonds. The summed E-state index contributed by atoms with van der Waals surface area (Å²) in [6.45, 7) is 0.246. The molecule has 94 valence electrons. The molecule has 0 aliphatic rings. The lowest BCUT2D eigenvalue weighted by atomic mass is 10.3. The van der Waals surface area contributed by atoms with E-state index < -0.39 is 5.82 Å². The molecule has 0 saturated heterocycles. The predicted molar refractivity (Wildman–Crippen MR) is 70.5 cm³/mol. The van der Waals surface area contributed by atoms with Gasteiger partial charge in [-0.2, -0.15) is 0 Å². The number of benzene rings is 1. The molecule has 0 fully saturated rings. The number of hydrazine groups is 1. The molecule has 6 heteroatoms. The lowest BCUT2D eigenvalue weighted by Gasteiger charge is -2.08. The number of halogens is 2. The number of aromatic nitrogens is 1. The Hall–Kier alpha value is -1.66. The lowest BCUT2D eigenvalue weighted by molar-refractivity contribution is 0.290. The van der Waals surface area contributed by atoms with Crippen molar-refractivity contribution in [3.63, 3.8) is 0 Å². The van der Waals surface area contributed by atoms with Crippen LogP contribution >= 0.6 is 15.9 Å². The van der Waals surface area contributed by atoms with E-state index in [9.17, 15) is 4.39 Å². The molecule has 1 aromatic carbocycles. The maximum Gasteiger partial charge on any atom is 0.166 e. The molecule has 0 atom stereocenters. The summed E-state index contributed by atoms with van der Waals surface area (Å²) >= 11 is 3.19. The van der Waals surface area contributed by atoms with Gasteiger partial charge in [0.25, 0.3) is 0 Å². The number of anilines is 1. The molecule has 4 nitrogen and oxygen atoms in total. The molecule has 18 heavy (non-hydrogen) atoms. The Bertz CT molecular complexity index is 551. The first kappa shape index (κ1) is 12.8. The zero-order valence-corrected chi connectivity index (χ0v) is 10.9. The average molecular weight is 312 g/mol. The number of nitrogens with one attached hydrogen (secondary N) is 1. The van der Waals surface area contributed by atoms with E-state index in [0.717, 1.165) is 5.56 Å². The van der Waals surface area contributed by atoms with Crippen LogP contribution in [0.25, 0.3) is 0 Å². The van der Waals surface area contributed by atoms with E-state index in [1.54, 1.807) is 30.5 Å². The van der Waals surface area contributed by atoms with Crippen molar-refractivity contribution < 1.29 is 9.13 Å². The van der Waals surface area contributed by atoms with E-state index >= 15 is 0 Å². The number of nitrogens with zero attached hydrogens (tertiary/aromatic N) is 1. The van der Waals surface area contributed by atoms with Crippen LogP contribution in [0.2, 0.25) is 0 Å². The van der Waals surface area contributed by atoms with Crippen molar-refractivity contribution in [3.05, 3.63) is 52.4 Å². The van der Waals surface area contributed by atoms with Gasteiger partial charge in [-0.25, -0.2) is 15.2 Å². The maximum absolute atomic E-state index is 13.5. The van der Waals surface area contributed by atoms with E-state index in [1.807, 2.05) is 0 Å². The van der Waals surface area contributed by atoms with Gasteiger partial charge in [0.1, 0.15) is 12.4 Å². The zero-order valence-electron chi connectivity index (χ0n) is 9.36. The van der Waals surface area contributed by atoms with Crippen LogP contribution in [0.5, 0.6) is 5.75 Å². The summed E-state index contributed by atoms with van der Waals surface area (Å²) < 4.78 is 19.6. The molecule has 0 unspecified atom stereocenters. The summed E-state index contributed by atoms with van der Waals surface area (Å²) in [6, 6.07) is 8.16. The SMILES string of the molecule is NNc1cc(COc2ccc(Br)cc2F)ccn1. The number of rotatable bonds is 4. The number of nitrogens with two attached hydrogens (primary N) is 1. The van der Waals surface area contributed by atoms with Crippen LogP contribution in [0.1, 0.15) is 5.56 Å². The fourth-order valence-corrected chi connectivity index (χ4v) is 1.73. The van der Waals surface area contributed by atoms with Crippen LogP contribution in [0.4, 0.5) is 10.2 Å². The number of pyridine rings is 1. The van der Waals surface area contributed by atoms with Gasteiger partial charge in [0.15, 0.2) is 11.6 Å². The molecule has 0 aliphatic carbocycles. The summed E-state index contributed by atoms with van der Waals surface area (Å²) in [5.74, 6) is 5.58. The first-order valence-electron chi connectivity index (χ1n) is 5.18. The molecule has 0 bridgehead atoms. The molecule has 0 radical (unpaired) electrons. The van der Waals surface area contributed by atoms with Gasteiger partial charge in [-0.15, -0.1) is 0 Å². The van der Waals surface area contributed by atoms with E-state index in [0.29, 0.717) is 10.3 Å². The topological polar surface area (TPSA) is 60.2 Å². The van der Waals surface area contributed by atoms with Gasteiger partial charge < -0.3 is 10.2 Å². The van der Waals surface area contributed by atoms with E-state index in [1.165, 1.54) is 6.07 Å². The second-order valence-corrected chi connectivity index (χ2v) is 4.47. The minimum atomic E-state index is -0.407. The molecule has 0 saturated carbocycles. The minimum Gasteiger partial charge on any atom is -0.486 e. The second kappa shape index (κ2) is 5.79. The quantitative estimate of drug-likeness (QED) is 0.673. The monoisotopic (exact) mass is 311 g/mol. The molecule has 3 N–H and O–H groups in total.